The minimum absolute atomic E-state index is 0.133. The van der Waals surface area contributed by atoms with E-state index in [1.807, 2.05) is 44.2 Å². The molecule has 7 nitrogen and oxygen atoms in total. The van der Waals surface area contributed by atoms with Crippen molar-refractivity contribution in [2.75, 3.05) is 6.54 Å². The molecule has 2 N–H and O–H groups in total. The Morgan fingerprint density at radius 3 is 2.56 bits per heavy atom. The van der Waals surface area contributed by atoms with Crippen molar-refractivity contribution in [3.05, 3.63) is 35.9 Å². The third-order valence-corrected chi connectivity index (χ3v) is 3.99. The fourth-order valence-electron chi connectivity index (χ4n) is 2.62. The van der Waals surface area contributed by atoms with E-state index in [-0.39, 0.29) is 18.4 Å². The molecule has 0 fully saturated rings. The second kappa shape index (κ2) is 12.7. The monoisotopic (exact) mass is 377 g/mol. The smallest absolute Gasteiger partial charge is 0.408 e. The number of hydrogen-bond acceptors (Lipinski definition) is 5. The molecule has 150 valence electrons. The number of carbonyl (C=O) groups is 2. The number of benzene rings is 1. The molecule has 0 spiro atoms. The van der Waals surface area contributed by atoms with Crippen molar-refractivity contribution >= 4 is 18.3 Å². The Balaban J connectivity index is 2.70. The van der Waals surface area contributed by atoms with Gasteiger partial charge in [0.1, 0.15) is 19.0 Å². The molecule has 1 aromatic carbocycles. The van der Waals surface area contributed by atoms with E-state index in [4.69, 9.17) is 9.94 Å². The second-order valence-corrected chi connectivity index (χ2v) is 6.86. The van der Waals surface area contributed by atoms with Gasteiger partial charge in [-0.25, -0.2) is 4.79 Å². The van der Waals surface area contributed by atoms with Gasteiger partial charge in [-0.3, -0.25) is 9.69 Å². The fraction of sp³-hybridized carbons (Fsp3) is 0.550. The molecule has 0 aromatic heterocycles. The van der Waals surface area contributed by atoms with Gasteiger partial charge in [-0.2, -0.15) is 0 Å². The van der Waals surface area contributed by atoms with Crippen LogP contribution in [-0.4, -0.2) is 41.0 Å². The maximum absolute atomic E-state index is 12.8. The molecule has 1 aromatic rings. The van der Waals surface area contributed by atoms with Gasteiger partial charge in [0.2, 0.25) is 5.91 Å². The van der Waals surface area contributed by atoms with E-state index in [0.29, 0.717) is 13.0 Å². The highest BCUT2D eigenvalue weighted by Gasteiger charge is 2.26. The maximum atomic E-state index is 12.8. The largest absolute Gasteiger partial charge is 0.445 e. The average Bonchev–Trinajstić information content (AvgIpc) is 2.65. The Kier molecular flexibility index (Phi) is 10.6. The van der Waals surface area contributed by atoms with Crippen molar-refractivity contribution < 1.29 is 19.5 Å². The number of hydrogen-bond donors (Lipinski definition) is 2. The van der Waals surface area contributed by atoms with Crippen LogP contribution < -0.4 is 5.32 Å². The summed E-state index contributed by atoms with van der Waals surface area (Å²) in [6.07, 6.45) is 3.68. The predicted octanol–water partition coefficient (Wildman–Crippen LogP) is 3.76. The van der Waals surface area contributed by atoms with Crippen molar-refractivity contribution in [1.82, 2.24) is 10.2 Å². The number of alkyl carbamates (subject to hydrolysis) is 1. The zero-order chi connectivity index (χ0) is 20.1. The summed E-state index contributed by atoms with van der Waals surface area (Å²) in [6.45, 7) is 6.58. The fourth-order valence-corrected chi connectivity index (χ4v) is 2.62. The Hall–Kier alpha value is -2.57. The molecule has 0 saturated heterocycles. The van der Waals surface area contributed by atoms with Gasteiger partial charge in [-0.05, 0) is 24.3 Å². The molecule has 0 bridgehead atoms. The van der Waals surface area contributed by atoms with Crippen LogP contribution in [0.15, 0.2) is 35.5 Å². The molecule has 7 heteroatoms. The average molecular weight is 377 g/mol. The quantitative estimate of drug-likeness (QED) is 0.202. The number of nitrogens with one attached hydrogen (secondary N) is 1. The number of unbranched alkanes of at least 4 members (excludes halogenated alkanes) is 2. The van der Waals surface area contributed by atoms with Gasteiger partial charge in [0.15, 0.2) is 0 Å². The standard InChI is InChI=1S/C20H31N3O4/c1-4-5-9-12-23(15-21-26)19(24)18(13-16(2)3)22-20(25)27-14-17-10-7-6-8-11-17/h6-8,10-11,15-16,18,26H,4-5,9,12-14H2,1-3H3,(H,22,25)/b21-15-/t18-/m0/s1. The van der Waals surface area contributed by atoms with Crippen LogP contribution in [-0.2, 0) is 16.1 Å². The summed E-state index contributed by atoms with van der Waals surface area (Å²) in [5.41, 5.74) is 0.869. The second-order valence-electron chi connectivity index (χ2n) is 6.86. The summed E-state index contributed by atoms with van der Waals surface area (Å²) < 4.78 is 5.22. The summed E-state index contributed by atoms with van der Waals surface area (Å²) in [4.78, 5) is 26.3. The molecule has 0 unspecified atom stereocenters. The molecule has 0 aliphatic carbocycles. The summed E-state index contributed by atoms with van der Waals surface area (Å²) in [6, 6.07) is 8.59. The number of carbonyl (C=O) groups excluding carboxylic acids is 2. The van der Waals surface area contributed by atoms with Crippen molar-refractivity contribution in [3.8, 4) is 0 Å². The van der Waals surface area contributed by atoms with Crippen molar-refractivity contribution in [2.45, 2.75) is 59.1 Å². The van der Waals surface area contributed by atoms with Crippen LogP contribution in [0.2, 0.25) is 0 Å². The van der Waals surface area contributed by atoms with Crippen LogP contribution in [0.25, 0.3) is 0 Å². The first-order valence-corrected chi connectivity index (χ1v) is 9.43. The lowest BCUT2D eigenvalue weighted by molar-refractivity contribution is -0.129. The Labute approximate surface area is 161 Å². The summed E-state index contributed by atoms with van der Waals surface area (Å²) in [5.74, 6) is -0.119. The molecule has 1 rings (SSSR count). The Morgan fingerprint density at radius 1 is 1.26 bits per heavy atom. The highest BCUT2D eigenvalue weighted by molar-refractivity contribution is 5.93. The highest BCUT2D eigenvalue weighted by atomic mass is 16.5. The number of nitrogens with zero attached hydrogens (tertiary/aromatic N) is 2. The van der Waals surface area contributed by atoms with E-state index in [2.05, 4.69) is 17.4 Å². The predicted molar refractivity (Wildman–Crippen MR) is 105 cm³/mol. The molecule has 0 saturated carbocycles. The minimum Gasteiger partial charge on any atom is -0.445 e. The van der Waals surface area contributed by atoms with Gasteiger partial charge in [0.05, 0.1) is 0 Å². The Bertz CT molecular complexity index is 590. The minimum atomic E-state index is -0.743. The lowest BCUT2D eigenvalue weighted by atomic mass is 10.0. The van der Waals surface area contributed by atoms with Crippen molar-refractivity contribution in [2.24, 2.45) is 11.1 Å². The van der Waals surface area contributed by atoms with Gasteiger partial charge in [0, 0.05) is 6.54 Å². The zero-order valence-electron chi connectivity index (χ0n) is 16.4. The molecular weight excluding hydrogens is 346 g/mol. The number of ether oxygens (including phenoxy) is 1. The molecule has 0 radical (unpaired) electrons. The number of oxime groups is 1. The normalized spacial score (nSPS) is 12.1. The zero-order valence-corrected chi connectivity index (χ0v) is 16.4. The molecule has 0 heterocycles. The van der Waals surface area contributed by atoms with Crippen LogP contribution >= 0.6 is 0 Å². The summed E-state index contributed by atoms with van der Waals surface area (Å²) in [5, 5.41) is 14.5. The van der Waals surface area contributed by atoms with Crippen LogP contribution in [0.5, 0.6) is 0 Å². The third-order valence-electron chi connectivity index (χ3n) is 3.99. The lowest BCUT2D eigenvalue weighted by Crippen LogP contribution is -2.49. The van der Waals surface area contributed by atoms with Crippen LogP contribution in [0.3, 0.4) is 0 Å². The van der Waals surface area contributed by atoms with Gasteiger partial charge in [-0.1, -0.05) is 69.1 Å². The number of amides is 2. The van der Waals surface area contributed by atoms with E-state index >= 15 is 0 Å². The molecule has 1 atom stereocenters. The maximum Gasteiger partial charge on any atom is 0.408 e. The first kappa shape index (κ1) is 22.5. The van der Waals surface area contributed by atoms with Crippen molar-refractivity contribution in [3.63, 3.8) is 0 Å². The third kappa shape index (κ3) is 9.08. The van der Waals surface area contributed by atoms with Crippen molar-refractivity contribution in [1.29, 1.82) is 0 Å². The van der Waals surface area contributed by atoms with Crippen LogP contribution in [0, 0.1) is 5.92 Å². The first-order valence-electron chi connectivity index (χ1n) is 9.43. The molecule has 0 aliphatic heterocycles. The van der Waals surface area contributed by atoms with E-state index < -0.39 is 12.1 Å². The van der Waals surface area contributed by atoms with E-state index in [9.17, 15) is 9.59 Å². The van der Waals surface area contributed by atoms with Crippen LogP contribution in [0.4, 0.5) is 4.79 Å². The molecular formula is C20H31N3O4. The highest BCUT2D eigenvalue weighted by Crippen LogP contribution is 2.10. The van der Waals surface area contributed by atoms with E-state index in [0.717, 1.165) is 31.2 Å². The first-order chi connectivity index (χ1) is 13.0. The van der Waals surface area contributed by atoms with Gasteiger partial charge in [-0.15, -0.1) is 0 Å². The number of rotatable bonds is 11. The van der Waals surface area contributed by atoms with Crippen LogP contribution in [0.1, 0.15) is 52.0 Å². The topological polar surface area (TPSA) is 91.2 Å². The lowest BCUT2D eigenvalue weighted by Gasteiger charge is -2.25. The van der Waals surface area contributed by atoms with Gasteiger partial charge < -0.3 is 15.3 Å². The van der Waals surface area contributed by atoms with E-state index in [1.54, 1.807) is 0 Å². The summed E-state index contributed by atoms with van der Waals surface area (Å²) >= 11 is 0. The van der Waals surface area contributed by atoms with E-state index in [1.165, 1.54) is 4.90 Å². The Morgan fingerprint density at radius 2 is 1.96 bits per heavy atom. The van der Waals surface area contributed by atoms with Gasteiger partial charge in [0.25, 0.3) is 0 Å². The summed E-state index contributed by atoms with van der Waals surface area (Å²) in [7, 11) is 0. The van der Waals surface area contributed by atoms with Gasteiger partial charge >= 0.3 is 6.09 Å². The molecule has 0 aliphatic rings. The molecule has 2 amide bonds. The SMILES string of the molecule is CCCCCN(/C=N\O)C(=O)[C@H](CC(C)C)NC(=O)OCc1ccccc1. The molecule has 27 heavy (non-hydrogen) atoms.